The van der Waals surface area contributed by atoms with Crippen molar-refractivity contribution in [2.45, 2.75) is 19.0 Å². The van der Waals surface area contributed by atoms with Gasteiger partial charge >= 0.3 is 5.97 Å². The van der Waals surface area contributed by atoms with Gasteiger partial charge in [-0.05, 0) is 18.4 Å². The summed E-state index contributed by atoms with van der Waals surface area (Å²) in [4.78, 5) is 39.3. The number of nitrogens with zero attached hydrogens (tertiary/aromatic N) is 2. The number of nitrogens with one attached hydrogen (secondary N) is 1. The summed E-state index contributed by atoms with van der Waals surface area (Å²) in [5.41, 5.74) is 0.955. The number of carbonyl (C=O) groups is 2. The normalized spacial score (nSPS) is 11.7. The molecule has 0 aliphatic rings. The lowest BCUT2D eigenvalue weighted by atomic mass is 10.2. The maximum Gasteiger partial charge on any atom is 0.326 e. The second-order valence-electron chi connectivity index (χ2n) is 5.34. The fraction of sp³-hybridized carbons (Fsp3) is 0.294. The summed E-state index contributed by atoms with van der Waals surface area (Å²) in [7, 11) is 0. The van der Waals surface area contributed by atoms with Crippen LogP contribution in [0.25, 0.3) is 11.3 Å². The van der Waals surface area contributed by atoms with Crippen molar-refractivity contribution in [3.05, 3.63) is 53.1 Å². The third-order valence-electron chi connectivity index (χ3n) is 3.50. The zero-order valence-corrected chi connectivity index (χ0v) is 14.5. The zero-order chi connectivity index (χ0) is 18.2. The fourth-order valence-corrected chi connectivity index (χ4v) is 2.68. The molecule has 0 bridgehead atoms. The van der Waals surface area contributed by atoms with Crippen molar-refractivity contribution in [3.63, 3.8) is 0 Å². The predicted molar refractivity (Wildman–Crippen MR) is 96.5 cm³/mol. The van der Waals surface area contributed by atoms with Crippen LogP contribution in [-0.4, -0.2) is 44.6 Å². The lowest BCUT2D eigenvalue weighted by Crippen LogP contribution is -2.43. The summed E-state index contributed by atoms with van der Waals surface area (Å²) in [5, 5.41) is 11.6. The molecule has 0 unspecified atom stereocenters. The monoisotopic (exact) mass is 361 g/mol. The SMILES string of the molecule is CSCC[C@H](NC(=O)Cn1cc(-c2ccccc2)ncc1=O)C(=O)O. The number of amides is 1. The van der Waals surface area contributed by atoms with Crippen LogP contribution in [0.4, 0.5) is 0 Å². The Balaban J connectivity index is 2.12. The van der Waals surface area contributed by atoms with Gasteiger partial charge in [-0.2, -0.15) is 11.8 Å². The first-order chi connectivity index (χ1) is 12.0. The Bertz CT molecular complexity index is 792. The highest BCUT2D eigenvalue weighted by Gasteiger charge is 2.19. The van der Waals surface area contributed by atoms with Crippen LogP contribution in [0.3, 0.4) is 0 Å². The van der Waals surface area contributed by atoms with E-state index in [0.29, 0.717) is 17.9 Å². The zero-order valence-electron chi connectivity index (χ0n) is 13.7. The van der Waals surface area contributed by atoms with E-state index in [1.807, 2.05) is 36.6 Å². The lowest BCUT2D eigenvalue weighted by Gasteiger charge is -2.14. The van der Waals surface area contributed by atoms with Crippen LogP contribution in [0.2, 0.25) is 0 Å². The number of carboxylic acid groups (broad SMARTS) is 1. The van der Waals surface area contributed by atoms with Crippen molar-refractivity contribution in [1.29, 1.82) is 0 Å². The van der Waals surface area contributed by atoms with Crippen molar-refractivity contribution in [2.75, 3.05) is 12.0 Å². The molecule has 0 radical (unpaired) electrons. The first-order valence-electron chi connectivity index (χ1n) is 7.64. The lowest BCUT2D eigenvalue weighted by molar-refractivity contribution is -0.141. The van der Waals surface area contributed by atoms with Crippen molar-refractivity contribution < 1.29 is 14.7 Å². The Morgan fingerprint density at radius 2 is 2.04 bits per heavy atom. The second kappa shape index (κ2) is 9.03. The van der Waals surface area contributed by atoms with E-state index >= 15 is 0 Å². The summed E-state index contributed by atoms with van der Waals surface area (Å²) >= 11 is 1.50. The molecule has 8 heteroatoms. The van der Waals surface area contributed by atoms with Gasteiger partial charge in [0.15, 0.2) is 0 Å². The molecule has 0 saturated heterocycles. The molecule has 0 saturated carbocycles. The minimum atomic E-state index is -1.09. The number of rotatable bonds is 8. The number of thioether (sulfide) groups is 1. The maximum atomic E-state index is 12.1. The molecule has 1 aromatic carbocycles. The largest absolute Gasteiger partial charge is 0.480 e. The average Bonchev–Trinajstić information content (AvgIpc) is 2.61. The van der Waals surface area contributed by atoms with E-state index in [4.69, 9.17) is 5.11 Å². The Hall–Kier alpha value is -2.61. The van der Waals surface area contributed by atoms with Gasteiger partial charge in [0.1, 0.15) is 12.6 Å². The van der Waals surface area contributed by atoms with Crippen LogP contribution in [-0.2, 0) is 16.1 Å². The standard InChI is InChI=1S/C17H19N3O4S/c1-25-8-7-13(17(23)24)19-15(21)11-20-10-14(18-9-16(20)22)12-5-3-2-4-6-12/h2-6,9-10,13H,7-8,11H2,1H3,(H,19,21)(H,23,24)/t13-/m0/s1. The van der Waals surface area contributed by atoms with Gasteiger partial charge in [-0.3, -0.25) is 9.59 Å². The number of carbonyl (C=O) groups excluding carboxylic acids is 1. The molecule has 2 rings (SSSR count). The number of hydrogen-bond acceptors (Lipinski definition) is 5. The summed E-state index contributed by atoms with van der Waals surface area (Å²) < 4.78 is 1.22. The van der Waals surface area contributed by atoms with Crippen LogP contribution in [0.15, 0.2) is 47.5 Å². The predicted octanol–water partition coefficient (Wildman–Crippen LogP) is 1.23. The molecule has 0 aliphatic carbocycles. The summed E-state index contributed by atoms with van der Waals surface area (Å²) in [6.45, 7) is -0.260. The van der Waals surface area contributed by atoms with Crippen molar-refractivity contribution in [3.8, 4) is 11.3 Å². The van der Waals surface area contributed by atoms with Gasteiger partial charge in [-0.1, -0.05) is 30.3 Å². The van der Waals surface area contributed by atoms with Gasteiger partial charge in [-0.25, -0.2) is 9.78 Å². The second-order valence-corrected chi connectivity index (χ2v) is 6.33. The topological polar surface area (TPSA) is 101 Å². The van der Waals surface area contributed by atoms with Gasteiger partial charge in [-0.15, -0.1) is 0 Å². The molecule has 0 fully saturated rings. The molecular weight excluding hydrogens is 342 g/mol. The first kappa shape index (κ1) is 18.7. The molecule has 1 amide bonds. The molecule has 1 aromatic heterocycles. The van der Waals surface area contributed by atoms with E-state index in [0.717, 1.165) is 11.8 Å². The van der Waals surface area contributed by atoms with Crippen molar-refractivity contribution >= 4 is 23.6 Å². The highest BCUT2D eigenvalue weighted by molar-refractivity contribution is 7.98. The van der Waals surface area contributed by atoms with Gasteiger partial charge < -0.3 is 15.0 Å². The first-order valence-corrected chi connectivity index (χ1v) is 9.03. The summed E-state index contributed by atoms with van der Waals surface area (Å²) in [5.74, 6) is -1.000. The van der Waals surface area contributed by atoms with Crippen LogP contribution >= 0.6 is 11.8 Å². The quantitative estimate of drug-likeness (QED) is 0.733. The van der Waals surface area contributed by atoms with Crippen LogP contribution in [0, 0.1) is 0 Å². The van der Waals surface area contributed by atoms with E-state index in [1.54, 1.807) is 0 Å². The number of aliphatic carboxylic acids is 1. The van der Waals surface area contributed by atoms with E-state index in [-0.39, 0.29) is 6.54 Å². The fourth-order valence-electron chi connectivity index (χ4n) is 2.21. The Kier molecular flexibility index (Phi) is 6.76. The van der Waals surface area contributed by atoms with Gasteiger partial charge in [0.25, 0.3) is 5.56 Å². The maximum absolute atomic E-state index is 12.1. The molecule has 1 heterocycles. The highest BCUT2D eigenvalue weighted by atomic mass is 32.2. The Morgan fingerprint density at radius 1 is 1.32 bits per heavy atom. The molecule has 0 aliphatic heterocycles. The third kappa shape index (κ3) is 5.46. The van der Waals surface area contributed by atoms with E-state index in [9.17, 15) is 14.4 Å². The molecule has 1 atom stereocenters. The summed E-state index contributed by atoms with van der Waals surface area (Å²) in [6.07, 6.45) is 4.83. The van der Waals surface area contributed by atoms with Crippen molar-refractivity contribution in [2.24, 2.45) is 0 Å². The molecule has 2 N–H and O–H groups in total. The van der Waals surface area contributed by atoms with Crippen molar-refractivity contribution in [1.82, 2.24) is 14.9 Å². The van der Waals surface area contributed by atoms with Crippen LogP contribution in [0.1, 0.15) is 6.42 Å². The third-order valence-corrected chi connectivity index (χ3v) is 4.15. The van der Waals surface area contributed by atoms with E-state index < -0.39 is 23.5 Å². The van der Waals surface area contributed by atoms with Gasteiger partial charge in [0, 0.05) is 11.8 Å². The average molecular weight is 361 g/mol. The number of benzene rings is 1. The minimum Gasteiger partial charge on any atom is -0.480 e. The number of aromatic nitrogens is 2. The Morgan fingerprint density at radius 3 is 2.68 bits per heavy atom. The summed E-state index contributed by atoms with van der Waals surface area (Å²) in [6, 6.07) is 8.30. The molecule has 25 heavy (non-hydrogen) atoms. The Labute approximate surface area is 149 Å². The van der Waals surface area contributed by atoms with Crippen LogP contribution < -0.4 is 10.9 Å². The highest BCUT2D eigenvalue weighted by Crippen LogP contribution is 2.14. The molecule has 2 aromatic rings. The van der Waals surface area contributed by atoms with E-state index in [2.05, 4.69) is 10.3 Å². The molecular formula is C17H19N3O4S. The van der Waals surface area contributed by atoms with Crippen LogP contribution in [0.5, 0.6) is 0 Å². The number of carboxylic acids is 1. The minimum absolute atomic E-state index is 0.260. The van der Waals surface area contributed by atoms with Gasteiger partial charge in [0.2, 0.25) is 5.91 Å². The molecule has 132 valence electrons. The molecule has 0 spiro atoms. The van der Waals surface area contributed by atoms with Gasteiger partial charge in [0.05, 0.1) is 11.9 Å². The number of hydrogen-bond donors (Lipinski definition) is 2. The van der Waals surface area contributed by atoms with E-state index in [1.165, 1.54) is 22.5 Å². The molecule has 7 nitrogen and oxygen atoms in total. The smallest absolute Gasteiger partial charge is 0.326 e.